The molecule has 1 saturated heterocycles. The Hall–Kier alpha value is -1.86. The summed E-state index contributed by atoms with van der Waals surface area (Å²) in [5, 5.41) is 5.73. The van der Waals surface area contributed by atoms with Gasteiger partial charge in [0, 0.05) is 19.2 Å². The third kappa shape index (κ3) is 4.82. The number of nitrogens with one attached hydrogen (secondary N) is 2. The molecule has 0 radical (unpaired) electrons. The first kappa shape index (κ1) is 18.5. The molecule has 0 bridgehead atoms. The highest BCUT2D eigenvalue weighted by Gasteiger charge is 2.32. The van der Waals surface area contributed by atoms with Gasteiger partial charge in [-0.05, 0) is 31.9 Å². The van der Waals surface area contributed by atoms with Crippen LogP contribution in [0.2, 0.25) is 0 Å². The highest BCUT2D eigenvalue weighted by atomic mass is 32.2. The van der Waals surface area contributed by atoms with Gasteiger partial charge in [0.05, 0.1) is 12.6 Å². The summed E-state index contributed by atoms with van der Waals surface area (Å²) in [7, 11) is 1.61. The maximum Gasteiger partial charge on any atom is 0.240 e. The summed E-state index contributed by atoms with van der Waals surface area (Å²) in [6.07, 6.45) is 0.113. The maximum atomic E-state index is 12.3. The van der Waals surface area contributed by atoms with Gasteiger partial charge in [0.15, 0.2) is 5.17 Å². The number of para-hydroxylation sites is 1. The fourth-order valence-electron chi connectivity index (χ4n) is 2.45. The van der Waals surface area contributed by atoms with Crippen LogP contribution >= 0.6 is 11.8 Å². The van der Waals surface area contributed by atoms with Gasteiger partial charge in [-0.15, -0.1) is 0 Å². The van der Waals surface area contributed by atoms with Crippen molar-refractivity contribution in [3.05, 3.63) is 29.3 Å². The quantitative estimate of drug-likeness (QED) is 0.825. The van der Waals surface area contributed by atoms with E-state index in [1.54, 1.807) is 7.11 Å². The molecule has 0 spiro atoms. The predicted octanol–water partition coefficient (Wildman–Crippen LogP) is 2.25. The average Bonchev–Trinajstić information content (AvgIpc) is 2.83. The Bertz CT molecular complexity index is 640. The van der Waals surface area contributed by atoms with Crippen LogP contribution in [0.1, 0.15) is 24.5 Å². The van der Waals surface area contributed by atoms with Crippen molar-refractivity contribution < 1.29 is 14.3 Å². The van der Waals surface area contributed by atoms with E-state index >= 15 is 0 Å². The molecule has 2 rings (SSSR count). The Labute approximate surface area is 146 Å². The third-order valence-electron chi connectivity index (χ3n) is 3.64. The van der Waals surface area contributed by atoms with Crippen LogP contribution in [0, 0.1) is 13.8 Å². The SMILES string of the molecule is COC[C@@H](C)N=C1NC(=O)[C@@H](CC(=O)Nc2c(C)cccc2C)S1. The highest BCUT2D eigenvalue weighted by molar-refractivity contribution is 8.15. The molecule has 7 heteroatoms. The van der Waals surface area contributed by atoms with Gasteiger partial charge in [0.2, 0.25) is 11.8 Å². The molecule has 130 valence electrons. The summed E-state index contributed by atoms with van der Waals surface area (Å²) in [6, 6.07) is 5.80. The second-order valence-corrected chi connectivity index (χ2v) is 7.04. The van der Waals surface area contributed by atoms with Crippen LogP contribution in [0.5, 0.6) is 0 Å². The second kappa shape index (κ2) is 8.30. The summed E-state index contributed by atoms with van der Waals surface area (Å²) >= 11 is 1.29. The number of aryl methyl sites for hydroxylation is 2. The zero-order valence-corrected chi connectivity index (χ0v) is 15.2. The number of methoxy groups -OCH3 is 1. The minimum absolute atomic E-state index is 0.0417. The largest absolute Gasteiger partial charge is 0.382 e. The fourth-order valence-corrected chi connectivity index (χ4v) is 3.52. The summed E-state index contributed by atoms with van der Waals surface area (Å²) in [4.78, 5) is 28.7. The third-order valence-corrected chi connectivity index (χ3v) is 4.73. The minimum atomic E-state index is -0.456. The van der Waals surface area contributed by atoms with Crippen molar-refractivity contribution in [2.75, 3.05) is 19.0 Å². The smallest absolute Gasteiger partial charge is 0.240 e. The lowest BCUT2D eigenvalue weighted by atomic mass is 10.1. The Balaban J connectivity index is 1.96. The lowest BCUT2D eigenvalue weighted by Crippen LogP contribution is -2.28. The van der Waals surface area contributed by atoms with Gasteiger partial charge in [-0.2, -0.15) is 0 Å². The van der Waals surface area contributed by atoms with E-state index in [9.17, 15) is 9.59 Å². The molecule has 1 heterocycles. The van der Waals surface area contributed by atoms with Gasteiger partial charge in [0.1, 0.15) is 5.25 Å². The maximum absolute atomic E-state index is 12.3. The molecule has 1 aliphatic heterocycles. The first-order chi connectivity index (χ1) is 11.4. The van der Waals surface area contributed by atoms with Crippen LogP contribution in [0.3, 0.4) is 0 Å². The molecule has 1 aliphatic rings. The number of amidine groups is 1. The molecule has 1 aromatic carbocycles. The van der Waals surface area contributed by atoms with Crippen molar-refractivity contribution in [1.29, 1.82) is 0 Å². The number of aliphatic imine (C=N–C) groups is 1. The number of amides is 2. The molecule has 2 N–H and O–H groups in total. The number of carbonyl (C=O) groups is 2. The van der Waals surface area contributed by atoms with Gasteiger partial charge in [-0.3, -0.25) is 14.6 Å². The Morgan fingerprint density at radius 3 is 2.71 bits per heavy atom. The number of hydrogen-bond donors (Lipinski definition) is 2. The van der Waals surface area contributed by atoms with Gasteiger partial charge < -0.3 is 15.4 Å². The number of anilines is 1. The van der Waals surface area contributed by atoms with E-state index in [1.165, 1.54) is 11.8 Å². The van der Waals surface area contributed by atoms with Crippen molar-refractivity contribution in [2.45, 2.75) is 38.5 Å². The first-order valence-electron chi connectivity index (χ1n) is 7.81. The Morgan fingerprint density at radius 1 is 1.42 bits per heavy atom. The van der Waals surface area contributed by atoms with Gasteiger partial charge >= 0.3 is 0 Å². The van der Waals surface area contributed by atoms with Crippen LogP contribution in [0.4, 0.5) is 5.69 Å². The number of nitrogens with zero attached hydrogens (tertiary/aromatic N) is 1. The van der Waals surface area contributed by atoms with Crippen LogP contribution < -0.4 is 10.6 Å². The summed E-state index contributed by atoms with van der Waals surface area (Å²) in [6.45, 7) is 6.28. The van der Waals surface area contributed by atoms with Crippen LogP contribution in [0.15, 0.2) is 23.2 Å². The fraction of sp³-hybridized carbons (Fsp3) is 0.471. The van der Waals surface area contributed by atoms with Gasteiger partial charge in [-0.1, -0.05) is 30.0 Å². The number of hydrogen-bond acceptors (Lipinski definition) is 5. The van der Waals surface area contributed by atoms with E-state index in [2.05, 4.69) is 15.6 Å². The van der Waals surface area contributed by atoms with Crippen molar-refractivity contribution in [2.24, 2.45) is 4.99 Å². The average molecular weight is 349 g/mol. The van der Waals surface area contributed by atoms with E-state index in [0.717, 1.165) is 16.8 Å². The topological polar surface area (TPSA) is 79.8 Å². The van der Waals surface area contributed by atoms with Gasteiger partial charge in [-0.25, -0.2) is 0 Å². The van der Waals surface area contributed by atoms with E-state index in [-0.39, 0.29) is 24.3 Å². The molecular weight excluding hydrogens is 326 g/mol. The number of benzene rings is 1. The molecular formula is C17H23N3O3S. The summed E-state index contributed by atoms with van der Waals surface area (Å²) in [5.74, 6) is -0.355. The summed E-state index contributed by atoms with van der Waals surface area (Å²) < 4.78 is 5.03. The monoisotopic (exact) mass is 349 g/mol. The number of carbonyl (C=O) groups excluding carboxylic acids is 2. The van der Waals surface area contributed by atoms with Crippen LogP contribution in [-0.2, 0) is 14.3 Å². The lowest BCUT2D eigenvalue weighted by Gasteiger charge is -2.12. The molecule has 1 fully saturated rings. The molecule has 0 unspecified atom stereocenters. The summed E-state index contributed by atoms with van der Waals surface area (Å²) in [5.41, 5.74) is 2.82. The van der Waals surface area contributed by atoms with Crippen molar-refractivity contribution in [3.63, 3.8) is 0 Å². The Morgan fingerprint density at radius 2 is 2.08 bits per heavy atom. The molecule has 0 aromatic heterocycles. The molecule has 6 nitrogen and oxygen atoms in total. The van der Waals surface area contributed by atoms with E-state index in [4.69, 9.17) is 4.74 Å². The lowest BCUT2D eigenvalue weighted by molar-refractivity contribution is -0.122. The number of ether oxygens (including phenoxy) is 1. The highest BCUT2D eigenvalue weighted by Crippen LogP contribution is 2.25. The molecule has 2 atom stereocenters. The predicted molar refractivity (Wildman–Crippen MR) is 97.5 cm³/mol. The standard InChI is InChI=1S/C17H23N3O3S/c1-10-6-5-7-11(2)15(10)19-14(21)8-13-16(22)20-17(24-13)18-12(3)9-23-4/h5-7,12-13H,8-9H2,1-4H3,(H,19,21)(H,18,20,22)/t12-,13-/m1/s1. The van der Waals surface area contributed by atoms with Gasteiger partial charge in [0.25, 0.3) is 0 Å². The van der Waals surface area contributed by atoms with E-state index in [1.807, 2.05) is 39.0 Å². The molecule has 1 aromatic rings. The molecule has 2 amide bonds. The Kier molecular flexibility index (Phi) is 6.39. The second-order valence-electron chi connectivity index (χ2n) is 5.85. The first-order valence-corrected chi connectivity index (χ1v) is 8.69. The normalized spacial score (nSPS) is 20.1. The zero-order valence-electron chi connectivity index (χ0n) is 14.4. The number of thioether (sulfide) groups is 1. The number of rotatable bonds is 6. The van der Waals surface area contributed by atoms with Crippen LogP contribution in [-0.4, -0.2) is 42.0 Å². The zero-order chi connectivity index (χ0) is 17.7. The molecule has 0 aliphatic carbocycles. The molecule has 24 heavy (non-hydrogen) atoms. The van der Waals surface area contributed by atoms with Crippen molar-refractivity contribution >= 4 is 34.4 Å². The van der Waals surface area contributed by atoms with E-state index < -0.39 is 5.25 Å². The van der Waals surface area contributed by atoms with E-state index in [0.29, 0.717) is 11.8 Å². The van der Waals surface area contributed by atoms with Crippen molar-refractivity contribution in [3.8, 4) is 0 Å². The van der Waals surface area contributed by atoms with Crippen molar-refractivity contribution in [1.82, 2.24) is 5.32 Å². The van der Waals surface area contributed by atoms with Crippen LogP contribution in [0.25, 0.3) is 0 Å². The minimum Gasteiger partial charge on any atom is -0.382 e. The molecule has 0 saturated carbocycles.